The molecule has 0 saturated heterocycles. The summed E-state index contributed by atoms with van der Waals surface area (Å²) in [5, 5.41) is 0. The Morgan fingerprint density at radius 2 is 1.71 bits per heavy atom. The van der Waals surface area contributed by atoms with E-state index in [9.17, 15) is 0 Å². The van der Waals surface area contributed by atoms with Gasteiger partial charge in [-0.2, -0.15) is 0 Å². The molecule has 0 bridgehead atoms. The van der Waals surface area contributed by atoms with Crippen LogP contribution in [0.4, 0.5) is 0 Å². The minimum Gasteiger partial charge on any atom is -0.475 e. The van der Waals surface area contributed by atoms with Crippen molar-refractivity contribution in [2.75, 3.05) is 0 Å². The summed E-state index contributed by atoms with van der Waals surface area (Å²) in [4.78, 5) is 4.26. The fraction of sp³-hybridized carbons (Fsp3) is 0.476. The molecule has 0 radical (unpaired) electrons. The predicted molar refractivity (Wildman–Crippen MR) is 96.7 cm³/mol. The second kappa shape index (κ2) is 7.69. The Kier molecular flexibility index (Phi) is 5.39. The quantitative estimate of drug-likeness (QED) is 0.629. The summed E-state index contributed by atoms with van der Waals surface area (Å²) in [5.41, 5.74) is 1.38. The third-order valence-corrected chi connectivity index (χ3v) is 4.54. The van der Waals surface area contributed by atoms with Crippen LogP contribution in [0.25, 0.3) is 0 Å². The molecule has 1 aromatic heterocycles. The molecular weight excluding hydrogens is 298 g/mol. The van der Waals surface area contributed by atoms with Crippen molar-refractivity contribution < 1.29 is 9.47 Å². The van der Waals surface area contributed by atoms with Crippen LogP contribution in [0.2, 0.25) is 0 Å². The second-order valence-corrected chi connectivity index (χ2v) is 7.10. The van der Waals surface area contributed by atoms with Crippen molar-refractivity contribution in [2.45, 2.75) is 52.6 Å². The largest absolute Gasteiger partial charge is 0.475 e. The molecule has 1 fully saturated rings. The summed E-state index contributed by atoms with van der Waals surface area (Å²) in [6, 6.07) is 12.1. The van der Waals surface area contributed by atoms with Crippen molar-refractivity contribution >= 4 is 0 Å². The molecule has 0 spiro atoms. The number of rotatable bonds is 8. The lowest BCUT2D eigenvalue weighted by Crippen LogP contribution is -2.06. The molecule has 0 unspecified atom stereocenters. The van der Waals surface area contributed by atoms with Crippen LogP contribution in [0.5, 0.6) is 17.4 Å². The Morgan fingerprint density at radius 3 is 2.29 bits per heavy atom. The third kappa shape index (κ3) is 4.98. The first-order chi connectivity index (χ1) is 11.6. The van der Waals surface area contributed by atoms with Crippen LogP contribution in [0.3, 0.4) is 0 Å². The van der Waals surface area contributed by atoms with Gasteiger partial charge in [0, 0.05) is 6.07 Å². The molecule has 1 heterocycles. The molecule has 1 saturated carbocycles. The monoisotopic (exact) mass is 325 g/mol. The topological polar surface area (TPSA) is 31.4 Å². The Balaban J connectivity index is 1.51. The molecule has 128 valence electrons. The number of ether oxygens (including phenoxy) is 2. The molecule has 0 amide bonds. The molecule has 0 N–H and O–H groups in total. The average Bonchev–Trinajstić information content (AvgIpc) is 3.40. The minimum absolute atomic E-state index is 0.124. The maximum absolute atomic E-state index is 5.85. The van der Waals surface area contributed by atoms with Gasteiger partial charge < -0.3 is 9.47 Å². The molecule has 3 nitrogen and oxygen atoms in total. The number of hydrogen-bond acceptors (Lipinski definition) is 3. The van der Waals surface area contributed by atoms with Gasteiger partial charge in [-0.1, -0.05) is 19.1 Å². The summed E-state index contributed by atoms with van der Waals surface area (Å²) < 4.78 is 11.4. The lowest BCUT2D eigenvalue weighted by molar-refractivity contribution is 0.232. The highest BCUT2D eigenvalue weighted by atomic mass is 16.5. The Morgan fingerprint density at radius 1 is 1.00 bits per heavy atom. The number of nitrogens with zero attached hydrogens (tertiary/aromatic N) is 1. The van der Waals surface area contributed by atoms with Crippen molar-refractivity contribution in [3.05, 3.63) is 48.2 Å². The van der Waals surface area contributed by atoms with E-state index in [1.54, 1.807) is 6.20 Å². The number of benzene rings is 1. The normalized spacial score (nSPS) is 15.3. The van der Waals surface area contributed by atoms with Gasteiger partial charge in [0.05, 0.1) is 12.3 Å². The Bertz CT molecular complexity index is 630. The molecule has 0 aliphatic heterocycles. The zero-order valence-corrected chi connectivity index (χ0v) is 14.9. The highest BCUT2D eigenvalue weighted by Crippen LogP contribution is 2.38. The van der Waals surface area contributed by atoms with Crippen LogP contribution < -0.4 is 9.47 Å². The lowest BCUT2D eigenvalue weighted by atomic mass is 9.97. The molecule has 2 aromatic rings. The van der Waals surface area contributed by atoms with Gasteiger partial charge in [0.25, 0.3) is 0 Å². The van der Waals surface area contributed by atoms with E-state index in [0.717, 1.165) is 29.8 Å². The molecule has 1 atom stereocenters. The average molecular weight is 325 g/mol. The van der Waals surface area contributed by atoms with Crippen LogP contribution in [0.15, 0.2) is 42.6 Å². The van der Waals surface area contributed by atoms with Gasteiger partial charge in [-0.05, 0) is 75.1 Å². The molecule has 1 aliphatic carbocycles. The number of aromatic nitrogens is 1. The van der Waals surface area contributed by atoms with E-state index in [1.165, 1.54) is 24.8 Å². The van der Waals surface area contributed by atoms with Gasteiger partial charge in [-0.3, -0.25) is 0 Å². The fourth-order valence-corrected chi connectivity index (χ4v) is 2.89. The molecule has 3 rings (SSSR count). The number of aryl methyl sites for hydroxylation is 1. The first-order valence-corrected chi connectivity index (χ1v) is 8.99. The van der Waals surface area contributed by atoms with Gasteiger partial charge in [-0.15, -0.1) is 0 Å². The first-order valence-electron chi connectivity index (χ1n) is 8.99. The Hall–Kier alpha value is -2.03. The summed E-state index contributed by atoms with van der Waals surface area (Å²) in [6.07, 6.45) is 7.13. The lowest BCUT2D eigenvalue weighted by Gasteiger charge is -2.11. The summed E-state index contributed by atoms with van der Waals surface area (Å²) in [6.45, 7) is 6.35. The molecule has 1 aliphatic rings. The number of pyridine rings is 1. The van der Waals surface area contributed by atoms with Crippen molar-refractivity contribution in [3.8, 4) is 17.4 Å². The summed E-state index contributed by atoms with van der Waals surface area (Å²) in [5.74, 6) is 4.04. The molecular formula is C21H27NO2. The van der Waals surface area contributed by atoms with Gasteiger partial charge in [0.1, 0.15) is 11.5 Å². The first kappa shape index (κ1) is 16.8. The zero-order chi connectivity index (χ0) is 16.9. The van der Waals surface area contributed by atoms with Crippen LogP contribution >= 0.6 is 0 Å². The van der Waals surface area contributed by atoms with E-state index in [0.29, 0.717) is 5.88 Å². The number of hydrogen-bond donors (Lipinski definition) is 0. The van der Waals surface area contributed by atoms with E-state index in [1.807, 2.05) is 38.1 Å². The maximum Gasteiger partial charge on any atom is 0.213 e. The standard InChI is InChI=1S/C21H27NO2/c1-15(2)23-21-13-12-20(14-22-21)24-19-10-6-17(7-11-19)5-4-16(3)18-8-9-18/h6-7,10-16,18H,4-5,8-9H2,1-3H3/t16-/m0/s1. The second-order valence-electron chi connectivity index (χ2n) is 7.10. The Labute approximate surface area is 145 Å². The van der Waals surface area contributed by atoms with Crippen LogP contribution in [0.1, 0.15) is 45.6 Å². The van der Waals surface area contributed by atoms with Crippen LogP contribution in [-0.2, 0) is 6.42 Å². The smallest absolute Gasteiger partial charge is 0.213 e. The SMILES string of the molecule is CC(C)Oc1ccc(Oc2ccc(CC[C@H](C)C3CC3)cc2)cn1. The van der Waals surface area contributed by atoms with Crippen molar-refractivity contribution in [1.82, 2.24) is 4.98 Å². The van der Waals surface area contributed by atoms with E-state index in [2.05, 4.69) is 24.0 Å². The van der Waals surface area contributed by atoms with Crippen LogP contribution in [-0.4, -0.2) is 11.1 Å². The van der Waals surface area contributed by atoms with Crippen molar-refractivity contribution in [2.24, 2.45) is 11.8 Å². The van der Waals surface area contributed by atoms with Crippen molar-refractivity contribution in [3.63, 3.8) is 0 Å². The van der Waals surface area contributed by atoms with E-state index >= 15 is 0 Å². The highest BCUT2D eigenvalue weighted by molar-refractivity contribution is 5.33. The highest BCUT2D eigenvalue weighted by Gasteiger charge is 2.27. The van der Waals surface area contributed by atoms with E-state index < -0.39 is 0 Å². The fourth-order valence-electron chi connectivity index (χ4n) is 2.89. The van der Waals surface area contributed by atoms with Crippen molar-refractivity contribution in [1.29, 1.82) is 0 Å². The molecule has 3 heteroatoms. The summed E-state index contributed by atoms with van der Waals surface area (Å²) >= 11 is 0. The van der Waals surface area contributed by atoms with E-state index in [4.69, 9.17) is 9.47 Å². The van der Waals surface area contributed by atoms with Gasteiger partial charge in [0.15, 0.2) is 0 Å². The van der Waals surface area contributed by atoms with Gasteiger partial charge in [0.2, 0.25) is 5.88 Å². The molecule has 24 heavy (non-hydrogen) atoms. The predicted octanol–water partition coefficient (Wildman–Crippen LogP) is 5.64. The minimum atomic E-state index is 0.124. The zero-order valence-electron chi connectivity index (χ0n) is 14.9. The summed E-state index contributed by atoms with van der Waals surface area (Å²) in [7, 11) is 0. The van der Waals surface area contributed by atoms with Gasteiger partial charge >= 0.3 is 0 Å². The van der Waals surface area contributed by atoms with Gasteiger partial charge in [-0.25, -0.2) is 4.98 Å². The molecule has 1 aromatic carbocycles. The van der Waals surface area contributed by atoms with E-state index in [-0.39, 0.29) is 6.10 Å². The third-order valence-electron chi connectivity index (χ3n) is 4.54. The maximum atomic E-state index is 5.85. The van der Waals surface area contributed by atoms with Crippen LogP contribution in [0, 0.1) is 11.8 Å².